The molecule has 10 aromatic rings. The quantitative estimate of drug-likeness (QED) is 0.171. The highest BCUT2D eigenvalue weighted by molar-refractivity contribution is 6.09. The Labute approximate surface area is 274 Å². The van der Waals surface area contributed by atoms with Crippen LogP contribution in [-0.4, -0.2) is 30.9 Å². The van der Waals surface area contributed by atoms with Crippen LogP contribution >= 0.6 is 0 Å². The van der Waals surface area contributed by atoms with Crippen molar-refractivity contribution in [3.63, 3.8) is 0 Å². The lowest BCUT2D eigenvalue weighted by Crippen LogP contribution is -2.12. The second-order valence-electron chi connectivity index (χ2n) is 11.3. The molecule has 0 fully saturated rings. The zero-order valence-corrected chi connectivity index (χ0v) is 24.7. The zero-order chi connectivity index (χ0) is 34.2. The fraction of sp³-hybridized carbons (Fsp3) is 0. The summed E-state index contributed by atoms with van der Waals surface area (Å²) in [6, 6.07) is 34.9. The molecular formula is C38H21N7O3. The van der Waals surface area contributed by atoms with Gasteiger partial charge in [0.05, 0.1) is 21.2 Å². The van der Waals surface area contributed by atoms with E-state index in [9.17, 15) is 2.74 Å². The topological polar surface area (TPSA) is 120 Å². The summed E-state index contributed by atoms with van der Waals surface area (Å²) in [5.41, 5.74) is 5.69. The van der Waals surface area contributed by atoms with Gasteiger partial charge in [0.15, 0.2) is 16.6 Å². The van der Waals surface area contributed by atoms with Gasteiger partial charge in [0, 0.05) is 11.1 Å². The summed E-state index contributed by atoms with van der Waals surface area (Å²) < 4.78 is 42.8. The van der Waals surface area contributed by atoms with E-state index in [4.69, 9.17) is 15.3 Å². The van der Waals surface area contributed by atoms with Crippen LogP contribution in [0.3, 0.4) is 0 Å². The van der Waals surface area contributed by atoms with Crippen molar-refractivity contribution >= 4 is 71.7 Å². The molecule has 3 aromatic heterocycles. The van der Waals surface area contributed by atoms with Crippen LogP contribution in [0.15, 0.2) is 141 Å². The van der Waals surface area contributed by atoms with Crippen LogP contribution in [0.25, 0.3) is 76.9 Å². The summed E-state index contributed by atoms with van der Waals surface area (Å²) in [6.07, 6.45) is 0. The molecule has 48 heavy (non-hydrogen) atoms. The maximum atomic E-state index is 9.42. The van der Waals surface area contributed by atoms with Gasteiger partial charge < -0.3 is 4.90 Å². The van der Waals surface area contributed by atoms with Gasteiger partial charge in [0.1, 0.15) is 16.6 Å². The highest BCUT2D eigenvalue weighted by Gasteiger charge is 2.27. The number of rotatable bonds is 5. The van der Waals surface area contributed by atoms with Crippen LogP contribution in [0.2, 0.25) is 0 Å². The molecule has 10 rings (SSSR count). The van der Waals surface area contributed by atoms with Crippen molar-refractivity contribution in [1.29, 1.82) is 0 Å². The van der Waals surface area contributed by atoms with Gasteiger partial charge >= 0.3 is 0 Å². The molecule has 0 aliphatic carbocycles. The second kappa shape index (κ2) is 10.3. The zero-order valence-electron chi connectivity index (χ0n) is 27.7. The minimum Gasteiger partial charge on any atom is -0.303 e. The summed E-state index contributed by atoms with van der Waals surface area (Å²) in [6.45, 7) is 0. The average molecular weight is 627 g/mol. The molecule has 0 unspecified atom stereocenters. The van der Waals surface area contributed by atoms with Crippen molar-refractivity contribution in [1.82, 2.24) is 30.9 Å². The van der Waals surface area contributed by atoms with Gasteiger partial charge in [-0.2, -0.15) is 0 Å². The van der Waals surface area contributed by atoms with E-state index in [1.54, 1.807) is 29.2 Å². The van der Waals surface area contributed by atoms with E-state index in [0.717, 1.165) is 32.7 Å². The number of hydrogen-bond acceptors (Lipinski definition) is 10. The number of fused-ring (bicyclic) bond motifs is 5. The second-order valence-corrected chi connectivity index (χ2v) is 11.3. The fourth-order valence-corrected chi connectivity index (χ4v) is 6.38. The Kier molecular flexibility index (Phi) is 5.02. The molecule has 0 amide bonds. The third kappa shape index (κ3) is 3.99. The molecule has 0 spiro atoms. The highest BCUT2D eigenvalue weighted by Crippen LogP contribution is 2.45. The van der Waals surface area contributed by atoms with Gasteiger partial charge in [-0.3, -0.25) is 0 Å². The first-order valence-electron chi connectivity index (χ1n) is 16.6. The number of hydrogen-bond donors (Lipinski definition) is 0. The Morgan fingerprint density at radius 3 is 1.71 bits per heavy atom. The van der Waals surface area contributed by atoms with Crippen LogP contribution in [0.5, 0.6) is 0 Å². The van der Waals surface area contributed by atoms with Gasteiger partial charge in [0.25, 0.3) is 0 Å². The fourth-order valence-electron chi connectivity index (χ4n) is 6.38. The molecule has 0 aliphatic heterocycles. The highest BCUT2D eigenvalue weighted by atomic mass is 16.6. The lowest BCUT2D eigenvalue weighted by Gasteiger charge is -2.25. The summed E-state index contributed by atoms with van der Waals surface area (Å²) in [7, 11) is 0. The molecule has 0 radical (unpaired) electrons. The Hall–Kier alpha value is -6.94. The van der Waals surface area contributed by atoms with E-state index in [1.165, 1.54) is 0 Å². The van der Waals surface area contributed by atoms with E-state index in [-0.39, 0.29) is 29.2 Å². The first-order chi connectivity index (χ1) is 25.0. The van der Waals surface area contributed by atoms with Crippen molar-refractivity contribution in [3.8, 4) is 22.3 Å². The summed E-state index contributed by atoms with van der Waals surface area (Å²) in [5.74, 6) is 0. The van der Waals surface area contributed by atoms with E-state index in [0.29, 0.717) is 50.3 Å². The van der Waals surface area contributed by atoms with Crippen LogP contribution < -0.4 is 4.90 Å². The van der Waals surface area contributed by atoms with E-state index < -0.39 is 0 Å². The Morgan fingerprint density at radius 2 is 0.979 bits per heavy atom. The number of nitrogens with zero attached hydrogens (tertiary/aromatic N) is 7. The van der Waals surface area contributed by atoms with Crippen molar-refractivity contribution in [2.24, 2.45) is 0 Å². The Morgan fingerprint density at radius 1 is 0.417 bits per heavy atom. The first kappa shape index (κ1) is 23.4. The third-order valence-corrected chi connectivity index (χ3v) is 8.61. The number of anilines is 3. The molecular weight excluding hydrogens is 602 g/mol. The maximum absolute atomic E-state index is 9.42. The molecule has 7 aromatic carbocycles. The van der Waals surface area contributed by atoms with Crippen LogP contribution in [0.1, 0.15) is 4.11 Å². The summed E-state index contributed by atoms with van der Waals surface area (Å²) in [5, 5.41) is 29.6. The minimum atomic E-state index is 0.109. The average Bonchev–Trinajstić information content (AvgIpc) is 3.94. The molecule has 0 aliphatic rings. The van der Waals surface area contributed by atoms with E-state index in [2.05, 4.69) is 55.2 Å². The normalized spacial score (nSPS) is 12.6. The van der Waals surface area contributed by atoms with Gasteiger partial charge in [-0.15, -0.1) is 0 Å². The first-order valence-corrected chi connectivity index (χ1v) is 15.1. The van der Waals surface area contributed by atoms with Crippen molar-refractivity contribution in [3.05, 3.63) is 127 Å². The van der Waals surface area contributed by atoms with Crippen LogP contribution in [0.4, 0.5) is 17.1 Å². The summed E-state index contributed by atoms with van der Waals surface area (Å²) in [4.78, 5) is 1.73. The smallest absolute Gasteiger partial charge is 0.159 e. The van der Waals surface area contributed by atoms with Crippen molar-refractivity contribution in [2.45, 2.75) is 0 Å². The van der Waals surface area contributed by atoms with Gasteiger partial charge in [-0.05, 0) is 118 Å². The summed E-state index contributed by atoms with van der Waals surface area (Å²) >= 11 is 0. The van der Waals surface area contributed by atoms with Crippen LogP contribution in [0, 0.1) is 0 Å². The van der Waals surface area contributed by atoms with Gasteiger partial charge in [-0.1, -0.05) is 72.8 Å². The van der Waals surface area contributed by atoms with E-state index in [1.807, 2.05) is 60.7 Å². The lowest BCUT2D eigenvalue weighted by atomic mass is 9.97. The number of benzene rings is 7. The molecule has 10 heteroatoms. The molecule has 3 heterocycles. The Balaban J connectivity index is 1.23. The third-order valence-electron chi connectivity index (χ3n) is 8.61. The number of aromatic nitrogens is 6. The van der Waals surface area contributed by atoms with Crippen molar-refractivity contribution in [2.75, 3.05) is 4.90 Å². The Bertz CT molecular complexity index is 3000. The molecule has 0 atom stereocenters. The predicted molar refractivity (Wildman–Crippen MR) is 183 cm³/mol. The minimum absolute atomic E-state index is 0.109. The SMILES string of the molecule is [2H]c1cc(N(c2ccc([2H])c3nonc23)c2cc([2H])c(-c3ccc4cc5ccccc5cc4c3)c3nonc23)c2nonc2c1-c1ccccc1. The molecule has 0 bridgehead atoms. The monoisotopic (exact) mass is 626 g/mol. The molecule has 0 saturated carbocycles. The maximum Gasteiger partial charge on any atom is 0.159 e. The largest absolute Gasteiger partial charge is 0.303 e. The predicted octanol–water partition coefficient (Wildman–Crippen LogP) is 9.41. The van der Waals surface area contributed by atoms with Gasteiger partial charge in [-0.25, -0.2) is 13.9 Å². The molecule has 226 valence electrons. The molecule has 10 nitrogen and oxygen atoms in total. The van der Waals surface area contributed by atoms with Gasteiger partial charge in [0.2, 0.25) is 0 Å². The standard InChI is InChI=1S/C38H21N7O3/c1-2-7-22(8-3-1)28-15-17-32(37-34(28)40-47-43-37)45(31-12-6-11-30-36(31)42-46-39-30)33-18-16-29(35-38(33)44-48-41-35)26-14-13-25-19-23-9-4-5-10-24(23)20-27(25)21-26/h1-21H/i11D,15D,16D. The van der Waals surface area contributed by atoms with Crippen molar-refractivity contribution < 1.29 is 18.0 Å². The van der Waals surface area contributed by atoms with E-state index >= 15 is 0 Å². The van der Waals surface area contributed by atoms with Crippen LogP contribution in [-0.2, 0) is 0 Å². The molecule has 0 saturated heterocycles. The lowest BCUT2D eigenvalue weighted by molar-refractivity contribution is 0.315. The molecule has 0 N–H and O–H groups in total.